The molecule has 0 aliphatic rings. The van der Waals surface area contributed by atoms with Gasteiger partial charge in [-0.25, -0.2) is 0 Å². The summed E-state index contributed by atoms with van der Waals surface area (Å²) in [5.74, 6) is 0.157. The molecule has 1 N–H and O–H groups in total. The van der Waals surface area contributed by atoms with E-state index in [2.05, 4.69) is 0 Å². The van der Waals surface area contributed by atoms with Gasteiger partial charge in [0.2, 0.25) is 5.91 Å². The third-order valence-corrected chi connectivity index (χ3v) is 2.86. The molecule has 0 bridgehead atoms. The molecule has 1 aromatic carbocycles. The van der Waals surface area contributed by atoms with Gasteiger partial charge in [-0.1, -0.05) is 11.6 Å². The summed E-state index contributed by atoms with van der Waals surface area (Å²) in [6, 6.07) is 4.64. The lowest BCUT2D eigenvalue weighted by Gasteiger charge is -2.18. The van der Waals surface area contributed by atoms with Crippen LogP contribution in [-0.2, 0) is 11.2 Å². The van der Waals surface area contributed by atoms with Gasteiger partial charge in [-0.05, 0) is 37.6 Å². The van der Waals surface area contributed by atoms with Gasteiger partial charge in [0.1, 0.15) is 5.75 Å². The molecule has 16 heavy (non-hydrogen) atoms. The van der Waals surface area contributed by atoms with E-state index in [1.54, 1.807) is 11.0 Å². The second-order valence-corrected chi connectivity index (χ2v) is 3.93. The second-order valence-electron chi connectivity index (χ2n) is 3.52. The first-order valence-corrected chi connectivity index (χ1v) is 5.71. The average molecular weight is 242 g/mol. The number of hydrogen-bond donors (Lipinski definition) is 1. The largest absolute Gasteiger partial charge is 0.508 e. The standard InChI is InChI=1S/C12H16ClNO2/c1-3-14(4-2)12(16)8-9-7-10(15)5-6-11(9)13/h5-7,15H,3-4,8H2,1-2H3. The summed E-state index contributed by atoms with van der Waals surface area (Å²) in [6.45, 7) is 5.24. The molecule has 3 nitrogen and oxygen atoms in total. The molecule has 0 radical (unpaired) electrons. The second kappa shape index (κ2) is 5.75. The van der Waals surface area contributed by atoms with Crippen LogP contribution < -0.4 is 0 Å². The van der Waals surface area contributed by atoms with Crippen molar-refractivity contribution in [2.75, 3.05) is 13.1 Å². The summed E-state index contributed by atoms with van der Waals surface area (Å²) in [4.78, 5) is 13.6. The van der Waals surface area contributed by atoms with Crippen LogP contribution in [0.25, 0.3) is 0 Å². The van der Waals surface area contributed by atoms with Gasteiger partial charge >= 0.3 is 0 Å². The van der Waals surface area contributed by atoms with Crippen LogP contribution in [0.3, 0.4) is 0 Å². The Labute approximate surface area is 101 Å². The number of hydrogen-bond acceptors (Lipinski definition) is 2. The van der Waals surface area contributed by atoms with Crippen molar-refractivity contribution in [2.24, 2.45) is 0 Å². The Hall–Kier alpha value is -1.22. The Kier molecular flexibility index (Phi) is 4.62. The molecule has 4 heteroatoms. The van der Waals surface area contributed by atoms with Crippen molar-refractivity contribution in [2.45, 2.75) is 20.3 Å². The van der Waals surface area contributed by atoms with Crippen LogP contribution in [0.4, 0.5) is 0 Å². The van der Waals surface area contributed by atoms with Gasteiger partial charge in [-0.3, -0.25) is 4.79 Å². The zero-order valence-electron chi connectivity index (χ0n) is 9.53. The first-order valence-electron chi connectivity index (χ1n) is 5.33. The van der Waals surface area contributed by atoms with Gasteiger partial charge in [-0.2, -0.15) is 0 Å². The smallest absolute Gasteiger partial charge is 0.227 e. The number of nitrogens with zero attached hydrogens (tertiary/aromatic N) is 1. The molecule has 0 unspecified atom stereocenters. The number of phenols is 1. The third-order valence-electron chi connectivity index (χ3n) is 2.49. The number of aromatic hydroxyl groups is 1. The highest BCUT2D eigenvalue weighted by Crippen LogP contribution is 2.22. The number of carbonyl (C=O) groups excluding carboxylic acids is 1. The monoisotopic (exact) mass is 241 g/mol. The summed E-state index contributed by atoms with van der Waals surface area (Å²) < 4.78 is 0. The van der Waals surface area contributed by atoms with Crippen molar-refractivity contribution in [1.29, 1.82) is 0 Å². The van der Waals surface area contributed by atoms with Crippen molar-refractivity contribution in [3.8, 4) is 5.75 Å². The number of amides is 1. The zero-order chi connectivity index (χ0) is 12.1. The van der Waals surface area contributed by atoms with Crippen LogP contribution in [0.2, 0.25) is 5.02 Å². The number of phenolic OH excluding ortho intramolecular Hbond substituents is 1. The van der Waals surface area contributed by atoms with Gasteiger partial charge in [-0.15, -0.1) is 0 Å². The molecule has 0 saturated heterocycles. The highest BCUT2D eigenvalue weighted by Gasteiger charge is 2.12. The fraction of sp³-hybridized carbons (Fsp3) is 0.417. The molecule has 0 saturated carbocycles. The normalized spacial score (nSPS) is 10.2. The van der Waals surface area contributed by atoms with E-state index in [0.29, 0.717) is 23.7 Å². The molecule has 0 atom stereocenters. The van der Waals surface area contributed by atoms with Crippen LogP contribution in [0.1, 0.15) is 19.4 Å². The SMILES string of the molecule is CCN(CC)C(=O)Cc1cc(O)ccc1Cl. The maximum atomic E-state index is 11.8. The quantitative estimate of drug-likeness (QED) is 0.880. The number of likely N-dealkylation sites (N-methyl/N-ethyl adjacent to an activating group) is 1. The van der Waals surface area contributed by atoms with Gasteiger partial charge in [0, 0.05) is 18.1 Å². The molecule has 1 aromatic rings. The van der Waals surface area contributed by atoms with E-state index in [9.17, 15) is 9.90 Å². The number of carbonyl (C=O) groups is 1. The lowest BCUT2D eigenvalue weighted by atomic mass is 10.1. The molecule has 0 fully saturated rings. The molecule has 88 valence electrons. The first-order chi connectivity index (χ1) is 7.58. The van der Waals surface area contributed by atoms with E-state index in [0.717, 1.165) is 0 Å². The van der Waals surface area contributed by atoms with E-state index in [4.69, 9.17) is 11.6 Å². The predicted octanol–water partition coefficient (Wildman–Crippen LogP) is 2.46. The first kappa shape index (κ1) is 12.8. The van der Waals surface area contributed by atoms with Gasteiger partial charge < -0.3 is 10.0 Å². The molecule has 1 amide bonds. The lowest BCUT2D eigenvalue weighted by molar-refractivity contribution is -0.130. The van der Waals surface area contributed by atoms with Crippen LogP contribution >= 0.6 is 11.6 Å². The van der Waals surface area contributed by atoms with Crippen LogP contribution in [0.5, 0.6) is 5.75 Å². The zero-order valence-corrected chi connectivity index (χ0v) is 10.3. The summed E-state index contributed by atoms with van der Waals surface area (Å²) in [5, 5.41) is 9.83. The molecular weight excluding hydrogens is 226 g/mol. The number of rotatable bonds is 4. The molecule has 0 aliphatic heterocycles. The van der Waals surface area contributed by atoms with Crippen LogP contribution in [0, 0.1) is 0 Å². The predicted molar refractivity (Wildman–Crippen MR) is 64.7 cm³/mol. The van der Waals surface area contributed by atoms with Crippen LogP contribution in [-0.4, -0.2) is 29.0 Å². The Morgan fingerprint density at radius 2 is 2.00 bits per heavy atom. The maximum absolute atomic E-state index is 11.8. The van der Waals surface area contributed by atoms with Crippen molar-refractivity contribution >= 4 is 17.5 Å². The van der Waals surface area contributed by atoms with E-state index in [-0.39, 0.29) is 18.1 Å². The minimum atomic E-state index is 0.0255. The highest BCUT2D eigenvalue weighted by atomic mass is 35.5. The summed E-state index contributed by atoms with van der Waals surface area (Å²) >= 11 is 5.95. The minimum absolute atomic E-state index is 0.0255. The summed E-state index contributed by atoms with van der Waals surface area (Å²) in [5.41, 5.74) is 0.665. The van der Waals surface area contributed by atoms with Crippen LogP contribution in [0.15, 0.2) is 18.2 Å². The molecule has 0 aliphatic carbocycles. The van der Waals surface area contributed by atoms with Crippen molar-refractivity contribution in [1.82, 2.24) is 4.90 Å². The van der Waals surface area contributed by atoms with Gasteiger partial charge in [0.05, 0.1) is 6.42 Å². The van der Waals surface area contributed by atoms with Crippen molar-refractivity contribution < 1.29 is 9.90 Å². The molecule has 0 spiro atoms. The Morgan fingerprint density at radius 1 is 1.38 bits per heavy atom. The van der Waals surface area contributed by atoms with E-state index >= 15 is 0 Å². The topological polar surface area (TPSA) is 40.5 Å². The fourth-order valence-corrected chi connectivity index (χ4v) is 1.73. The maximum Gasteiger partial charge on any atom is 0.227 e. The van der Waals surface area contributed by atoms with Crippen molar-refractivity contribution in [3.05, 3.63) is 28.8 Å². The van der Waals surface area contributed by atoms with Crippen molar-refractivity contribution in [3.63, 3.8) is 0 Å². The van der Waals surface area contributed by atoms with Gasteiger partial charge in [0.15, 0.2) is 0 Å². The third kappa shape index (κ3) is 3.14. The van der Waals surface area contributed by atoms with E-state index in [1.807, 2.05) is 13.8 Å². The minimum Gasteiger partial charge on any atom is -0.508 e. The van der Waals surface area contributed by atoms with E-state index < -0.39 is 0 Å². The Morgan fingerprint density at radius 3 is 2.56 bits per heavy atom. The van der Waals surface area contributed by atoms with Gasteiger partial charge in [0.25, 0.3) is 0 Å². The highest BCUT2D eigenvalue weighted by molar-refractivity contribution is 6.31. The lowest BCUT2D eigenvalue weighted by Crippen LogP contribution is -2.31. The summed E-state index contributed by atoms with van der Waals surface area (Å²) in [6.07, 6.45) is 0.231. The fourth-order valence-electron chi connectivity index (χ4n) is 1.55. The molecule has 0 heterocycles. The molecule has 1 rings (SSSR count). The number of halogens is 1. The molecule has 0 aromatic heterocycles. The number of benzene rings is 1. The molecular formula is C12H16ClNO2. The Balaban J connectivity index is 2.80. The van der Waals surface area contributed by atoms with E-state index in [1.165, 1.54) is 12.1 Å². The average Bonchev–Trinajstić information content (AvgIpc) is 2.25. The Bertz CT molecular complexity index is 375. The summed E-state index contributed by atoms with van der Waals surface area (Å²) in [7, 11) is 0.